The summed E-state index contributed by atoms with van der Waals surface area (Å²) >= 11 is 1.07. The number of hydrogen-bond acceptors (Lipinski definition) is 18. The van der Waals surface area contributed by atoms with E-state index >= 15 is 0 Å². The van der Waals surface area contributed by atoms with Crippen LogP contribution in [0, 0.1) is 12.3 Å². The molecule has 3 heterocycles. The minimum atomic E-state index is -5.57. The van der Waals surface area contributed by atoms with Crippen molar-refractivity contribution in [2.24, 2.45) is 5.41 Å². The number of anilines is 1. The summed E-state index contributed by atoms with van der Waals surface area (Å²) in [5, 5.41) is 26.4. The van der Waals surface area contributed by atoms with E-state index in [9.17, 15) is 57.9 Å². The highest BCUT2D eigenvalue weighted by Gasteiger charge is 2.50. The van der Waals surface area contributed by atoms with Gasteiger partial charge >= 0.3 is 23.5 Å². The predicted molar refractivity (Wildman–Crippen MR) is 202 cm³/mol. The Labute approximate surface area is 334 Å². The molecule has 1 fully saturated rings. The van der Waals surface area contributed by atoms with Crippen molar-refractivity contribution in [2.75, 3.05) is 37.8 Å². The Morgan fingerprint density at radius 1 is 1.03 bits per heavy atom. The summed E-state index contributed by atoms with van der Waals surface area (Å²) in [7, 11) is -16.4. The molecule has 0 radical (unpaired) electrons. The lowest BCUT2D eigenvalue weighted by atomic mass is 9.87. The number of thioether (sulfide) groups is 1. The lowest BCUT2D eigenvalue weighted by molar-refractivity contribution is -0.137. The average Bonchev–Trinajstić information content (AvgIpc) is 3.69. The molecule has 322 valence electrons. The number of amides is 2. The molecule has 2 amide bonds. The molecule has 7 atom stereocenters. The molecule has 2 aromatic heterocycles. The lowest BCUT2D eigenvalue weighted by Gasteiger charge is -2.30. The SMILES string of the molecule is Cc1ccccc1CC(=O)SCCNC(=O)CCNC(=O)C(O)C(C)(C)COP(=O)(O)OP(=O)(O)OCC1OC(n2cnc3c(N)ncnc32)C(O)C1OP(=O)(O)O. The average molecular weight is 900 g/mol. The molecule has 0 saturated carbocycles. The summed E-state index contributed by atoms with van der Waals surface area (Å²) in [6.07, 6.45) is -6.67. The van der Waals surface area contributed by atoms with Crippen molar-refractivity contribution in [1.82, 2.24) is 30.2 Å². The third-order valence-electron chi connectivity index (χ3n) is 8.36. The highest BCUT2D eigenvalue weighted by Crippen LogP contribution is 2.61. The highest BCUT2D eigenvalue weighted by molar-refractivity contribution is 8.13. The number of phosphoric ester groups is 3. The van der Waals surface area contributed by atoms with Crippen LogP contribution in [0.15, 0.2) is 36.9 Å². The van der Waals surface area contributed by atoms with Gasteiger partial charge in [-0.05, 0) is 18.1 Å². The van der Waals surface area contributed by atoms with E-state index in [0.717, 1.165) is 40.1 Å². The predicted octanol–water partition coefficient (Wildman–Crippen LogP) is 0.216. The second-order valence-corrected chi connectivity index (χ2v) is 18.8. The van der Waals surface area contributed by atoms with Crippen LogP contribution in [0.5, 0.6) is 0 Å². The van der Waals surface area contributed by atoms with Crippen molar-refractivity contribution in [3.8, 4) is 0 Å². The Balaban J connectivity index is 1.21. The van der Waals surface area contributed by atoms with Gasteiger partial charge in [-0.2, -0.15) is 4.31 Å². The minimum absolute atomic E-state index is 0.0297. The van der Waals surface area contributed by atoms with E-state index in [1.165, 1.54) is 13.8 Å². The van der Waals surface area contributed by atoms with Crippen LogP contribution in [0.2, 0.25) is 0 Å². The van der Waals surface area contributed by atoms with E-state index in [4.69, 9.17) is 19.5 Å². The van der Waals surface area contributed by atoms with Crippen LogP contribution in [0.4, 0.5) is 5.82 Å². The Morgan fingerprint density at radius 3 is 2.41 bits per heavy atom. The zero-order valence-electron chi connectivity index (χ0n) is 31.1. The number of phosphoric acid groups is 3. The molecule has 1 aliphatic heterocycles. The summed E-state index contributed by atoms with van der Waals surface area (Å²) in [6.45, 7) is 2.38. The number of imidazole rings is 1. The number of rotatable bonds is 21. The molecule has 58 heavy (non-hydrogen) atoms. The number of nitrogens with zero attached hydrogens (tertiary/aromatic N) is 4. The Hall–Kier alpha value is -3.22. The molecule has 0 aliphatic carbocycles. The summed E-state index contributed by atoms with van der Waals surface area (Å²) in [4.78, 5) is 88.0. The van der Waals surface area contributed by atoms with Crippen LogP contribution >= 0.6 is 35.2 Å². The molecule has 1 aromatic carbocycles. The number of nitrogen functional groups attached to an aromatic ring is 1. The minimum Gasteiger partial charge on any atom is -0.386 e. The number of hydrogen-bond donors (Lipinski definition) is 9. The first-order valence-electron chi connectivity index (χ1n) is 17.1. The fraction of sp³-hybridized carbons (Fsp3) is 0.533. The molecule has 1 saturated heterocycles. The number of aliphatic hydroxyl groups is 2. The third kappa shape index (κ3) is 13.7. The molecule has 10 N–H and O–H groups in total. The summed E-state index contributed by atoms with van der Waals surface area (Å²) < 4.78 is 62.2. The van der Waals surface area contributed by atoms with Crippen molar-refractivity contribution in [3.63, 3.8) is 0 Å². The highest BCUT2D eigenvalue weighted by atomic mass is 32.2. The molecule has 0 bridgehead atoms. The number of nitrogens with one attached hydrogen (secondary N) is 2. The van der Waals surface area contributed by atoms with Gasteiger partial charge in [0.2, 0.25) is 11.8 Å². The van der Waals surface area contributed by atoms with E-state index in [2.05, 4.69) is 34.4 Å². The molecular weight excluding hydrogens is 855 g/mol. The number of nitrogens with two attached hydrogens (primary N) is 1. The lowest BCUT2D eigenvalue weighted by Crippen LogP contribution is -2.46. The first kappa shape index (κ1) is 47.5. The van der Waals surface area contributed by atoms with Crippen LogP contribution in [-0.2, 0) is 57.1 Å². The van der Waals surface area contributed by atoms with Crippen molar-refractivity contribution >= 4 is 69.1 Å². The Kier molecular flexibility index (Phi) is 16.3. The van der Waals surface area contributed by atoms with Crippen LogP contribution in [-0.4, -0.2) is 123 Å². The monoisotopic (exact) mass is 899 g/mol. The van der Waals surface area contributed by atoms with Crippen molar-refractivity contribution < 1.29 is 80.5 Å². The maximum Gasteiger partial charge on any atom is 0.481 e. The van der Waals surface area contributed by atoms with Gasteiger partial charge in [0.05, 0.1) is 19.5 Å². The number of carbonyl (C=O) groups excluding carboxylic acids is 3. The van der Waals surface area contributed by atoms with Crippen LogP contribution < -0.4 is 16.4 Å². The van der Waals surface area contributed by atoms with Gasteiger partial charge in [-0.25, -0.2) is 28.6 Å². The van der Waals surface area contributed by atoms with Gasteiger partial charge in [0.25, 0.3) is 0 Å². The van der Waals surface area contributed by atoms with E-state index < -0.39 is 84.6 Å². The second-order valence-electron chi connectivity index (χ2n) is 13.4. The molecule has 0 spiro atoms. The van der Waals surface area contributed by atoms with Gasteiger partial charge in [0, 0.05) is 37.1 Å². The quantitative estimate of drug-likeness (QED) is 0.0510. The largest absolute Gasteiger partial charge is 0.481 e. The molecule has 24 nitrogen and oxygen atoms in total. The van der Waals surface area contributed by atoms with Gasteiger partial charge in [0.15, 0.2) is 22.8 Å². The third-order valence-corrected chi connectivity index (χ3v) is 12.3. The maximum absolute atomic E-state index is 12.7. The van der Waals surface area contributed by atoms with E-state index in [1.54, 1.807) is 0 Å². The fourth-order valence-electron chi connectivity index (χ4n) is 5.31. The molecule has 28 heteroatoms. The van der Waals surface area contributed by atoms with Gasteiger partial charge < -0.3 is 50.9 Å². The van der Waals surface area contributed by atoms with Gasteiger partial charge in [-0.3, -0.25) is 32.5 Å². The normalized spacial score (nSPS) is 21.3. The molecular formula is C30H44N7O17P3S. The Bertz CT molecular complexity index is 2090. The number of ether oxygens (including phenoxy) is 1. The van der Waals surface area contributed by atoms with E-state index in [0.29, 0.717) is 5.75 Å². The molecule has 1 aliphatic rings. The van der Waals surface area contributed by atoms with Crippen molar-refractivity contribution in [1.29, 1.82) is 0 Å². The number of fused-ring (bicyclic) bond motifs is 1. The van der Waals surface area contributed by atoms with Crippen molar-refractivity contribution in [3.05, 3.63) is 48.0 Å². The summed E-state index contributed by atoms with van der Waals surface area (Å²) in [6, 6.07) is 7.51. The standard InChI is InChI=1S/C30H44N7O17P3S/c1-17-6-4-5-7-18(17)12-21(39)58-11-10-32-20(38)8-9-33-28(42)25(41)30(2,3)14-51-57(48,49)54-56(46,47)50-13-19-24(53-55(43,44)45)23(40)29(52-19)37-16-36-22-26(31)34-15-35-27(22)37/h4-7,15-16,19,23-25,29,40-41H,8-14H2,1-3H3,(H,32,38)(H,33,42)(H,46,47)(H,48,49)(H2,31,34,35)(H2,43,44,45). The number of aromatic nitrogens is 4. The van der Waals surface area contributed by atoms with Crippen molar-refractivity contribution in [2.45, 2.75) is 64.3 Å². The Morgan fingerprint density at radius 2 is 1.72 bits per heavy atom. The maximum atomic E-state index is 12.7. The van der Waals surface area contributed by atoms with Crippen LogP contribution in [0.25, 0.3) is 11.2 Å². The molecule has 4 rings (SSSR count). The fourth-order valence-corrected chi connectivity index (χ4v) is 8.83. The van der Waals surface area contributed by atoms with E-state index in [1.807, 2.05) is 31.2 Å². The van der Waals surface area contributed by atoms with Gasteiger partial charge in [-0.1, -0.05) is 49.9 Å². The molecule has 7 unspecified atom stereocenters. The van der Waals surface area contributed by atoms with Crippen LogP contribution in [0.3, 0.4) is 0 Å². The first-order chi connectivity index (χ1) is 27.0. The molecule has 3 aromatic rings. The zero-order chi connectivity index (χ0) is 43.1. The topological polar surface area (TPSA) is 364 Å². The van der Waals surface area contributed by atoms with Gasteiger partial charge in [-0.15, -0.1) is 0 Å². The summed E-state index contributed by atoms with van der Waals surface area (Å²) in [5.74, 6) is -1.13. The number of aryl methyl sites for hydroxylation is 1. The van der Waals surface area contributed by atoms with Gasteiger partial charge in [0.1, 0.15) is 36.3 Å². The smallest absolute Gasteiger partial charge is 0.386 e. The zero-order valence-corrected chi connectivity index (χ0v) is 34.6. The number of benzene rings is 1. The van der Waals surface area contributed by atoms with E-state index in [-0.39, 0.29) is 48.0 Å². The number of aliphatic hydroxyl groups excluding tert-OH is 2. The number of carbonyl (C=O) groups is 3. The summed E-state index contributed by atoms with van der Waals surface area (Å²) in [5.41, 5.74) is 6.18. The second kappa shape index (κ2) is 19.9. The first-order valence-corrected chi connectivity index (χ1v) is 22.6. The van der Waals surface area contributed by atoms with Crippen LogP contribution in [0.1, 0.15) is 37.6 Å².